The number of thiocarbonyl (C=S) groups is 1. The van der Waals surface area contributed by atoms with Gasteiger partial charge in [-0.25, -0.2) is 4.98 Å². The van der Waals surface area contributed by atoms with Gasteiger partial charge in [-0.3, -0.25) is 9.78 Å². The number of carbonyl (C=O) groups is 1. The van der Waals surface area contributed by atoms with Crippen LogP contribution < -0.4 is 15.5 Å². The molecule has 11 heteroatoms. The van der Waals surface area contributed by atoms with Gasteiger partial charge in [0.25, 0.3) is 0 Å². The van der Waals surface area contributed by atoms with E-state index in [0.717, 1.165) is 22.9 Å². The first-order chi connectivity index (χ1) is 18.0. The fraction of sp³-hybridized carbons (Fsp3) is 0.154. The second kappa shape index (κ2) is 10.9. The molecule has 8 nitrogen and oxygen atoms in total. The van der Waals surface area contributed by atoms with Crippen LogP contribution in [0.3, 0.4) is 0 Å². The molecule has 1 aliphatic rings. The number of ether oxygens (including phenoxy) is 1. The van der Waals surface area contributed by atoms with E-state index in [-0.39, 0.29) is 24.6 Å². The van der Waals surface area contributed by atoms with Gasteiger partial charge in [0.05, 0.1) is 27.5 Å². The fourth-order valence-electron chi connectivity index (χ4n) is 4.36. The second-order valence-corrected chi connectivity index (χ2v) is 9.51. The Labute approximate surface area is 229 Å². The lowest BCUT2D eigenvalue weighted by molar-refractivity contribution is -0.119. The maximum atomic E-state index is 12.0. The van der Waals surface area contributed by atoms with Crippen LogP contribution in [0.2, 0.25) is 10.0 Å². The van der Waals surface area contributed by atoms with Crippen LogP contribution >= 0.6 is 35.4 Å². The summed E-state index contributed by atoms with van der Waals surface area (Å²) in [7, 11) is 1.46. The predicted molar refractivity (Wildman–Crippen MR) is 148 cm³/mol. The molecule has 1 fully saturated rings. The van der Waals surface area contributed by atoms with Gasteiger partial charge in [0, 0.05) is 37.1 Å². The molecule has 0 bridgehead atoms. The lowest BCUT2D eigenvalue weighted by Crippen LogP contribution is -2.30. The summed E-state index contributed by atoms with van der Waals surface area (Å²) in [6.07, 6.45) is 5.32. The van der Waals surface area contributed by atoms with Crippen LogP contribution in [0.25, 0.3) is 5.82 Å². The average molecular weight is 553 g/mol. The average Bonchev–Trinajstić information content (AvgIpc) is 3.51. The summed E-state index contributed by atoms with van der Waals surface area (Å²) < 4.78 is 6.89. The summed E-state index contributed by atoms with van der Waals surface area (Å²) in [5.41, 5.74) is 3.01. The molecule has 0 saturated carbocycles. The molecule has 1 aromatic carbocycles. The van der Waals surface area contributed by atoms with Crippen molar-refractivity contribution in [1.82, 2.24) is 19.9 Å². The van der Waals surface area contributed by atoms with Gasteiger partial charge in [0.2, 0.25) is 5.91 Å². The molecule has 0 radical (unpaired) electrons. The largest absolute Gasteiger partial charge is 0.375 e. The molecule has 188 valence electrons. The fourth-order valence-corrected chi connectivity index (χ4v) is 5.04. The molecule has 4 heterocycles. The number of anilines is 2. The topological polar surface area (TPSA) is 84.3 Å². The second-order valence-electron chi connectivity index (χ2n) is 8.28. The van der Waals surface area contributed by atoms with Crippen LogP contribution in [-0.2, 0) is 9.53 Å². The molecule has 1 saturated heterocycles. The highest BCUT2D eigenvalue weighted by atomic mass is 35.5. The van der Waals surface area contributed by atoms with Gasteiger partial charge in [0.15, 0.2) is 5.11 Å². The highest BCUT2D eigenvalue weighted by Gasteiger charge is 2.42. The minimum atomic E-state index is -0.295. The first-order valence-corrected chi connectivity index (χ1v) is 12.5. The Morgan fingerprint density at radius 2 is 2.00 bits per heavy atom. The molecule has 1 aliphatic heterocycles. The first kappa shape index (κ1) is 25.2. The highest BCUT2D eigenvalue weighted by Crippen LogP contribution is 2.43. The Morgan fingerprint density at radius 1 is 1.14 bits per heavy atom. The van der Waals surface area contributed by atoms with Crippen LogP contribution in [0.4, 0.5) is 11.4 Å². The van der Waals surface area contributed by atoms with Gasteiger partial charge in [-0.15, -0.1) is 0 Å². The molecule has 4 aromatic rings. The maximum absolute atomic E-state index is 12.0. The van der Waals surface area contributed by atoms with Crippen LogP contribution in [0, 0.1) is 0 Å². The third-order valence-electron chi connectivity index (χ3n) is 5.92. The number of nitrogens with zero attached hydrogens (tertiary/aromatic N) is 4. The van der Waals surface area contributed by atoms with Crippen molar-refractivity contribution in [2.75, 3.05) is 23.9 Å². The van der Waals surface area contributed by atoms with Crippen LogP contribution in [0.1, 0.15) is 23.5 Å². The summed E-state index contributed by atoms with van der Waals surface area (Å²) in [6, 6.07) is 18.3. The van der Waals surface area contributed by atoms with Gasteiger partial charge in [-0.1, -0.05) is 29.3 Å². The molecule has 37 heavy (non-hydrogen) atoms. The van der Waals surface area contributed by atoms with E-state index in [4.69, 9.17) is 40.2 Å². The molecule has 2 atom stereocenters. The predicted octanol–water partition coefficient (Wildman–Crippen LogP) is 5.34. The number of rotatable bonds is 7. The maximum Gasteiger partial charge on any atom is 0.250 e. The monoisotopic (exact) mass is 552 g/mol. The minimum absolute atomic E-state index is 0.0677. The zero-order valence-electron chi connectivity index (χ0n) is 19.6. The van der Waals surface area contributed by atoms with Gasteiger partial charge < -0.3 is 24.8 Å². The molecule has 1 amide bonds. The summed E-state index contributed by atoms with van der Waals surface area (Å²) >= 11 is 18.5. The number of amides is 1. The van der Waals surface area contributed by atoms with Crippen molar-refractivity contribution in [2.24, 2.45) is 0 Å². The van der Waals surface area contributed by atoms with E-state index in [0.29, 0.717) is 20.8 Å². The molecular weight excluding hydrogens is 531 g/mol. The molecule has 0 aliphatic carbocycles. The van der Waals surface area contributed by atoms with Crippen molar-refractivity contribution in [2.45, 2.75) is 12.1 Å². The standard InChI is InChI=1S/C26H22Cl2N6O2S/c1-36-15-23(35)31-19-9-8-17(13-18(19)28)34-25(24(32-26(34)37)20-5-2-3-11-29-20)21-6-4-12-33(21)22-10-7-16(27)14-30-22/h2-14,24-25H,15H2,1H3,(H,31,35)(H,32,37). The molecular formula is C26H22Cl2N6O2S. The Hall–Kier alpha value is -3.50. The number of hydrogen-bond donors (Lipinski definition) is 2. The van der Waals surface area contributed by atoms with Gasteiger partial charge in [0.1, 0.15) is 18.5 Å². The number of carbonyl (C=O) groups excluding carboxylic acids is 1. The summed E-state index contributed by atoms with van der Waals surface area (Å²) in [4.78, 5) is 23.1. The SMILES string of the molecule is COCC(=O)Nc1ccc(N2C(=S)NC(c3ccccn3)C2c2cccn2-c2ccc(Cl)cn2)cc1Cl. The Bertz CT molecular complexity index is 1430. The van der Waals surface area contributed by atoms with Gasteiger partial charge in [-0.2, -0.15) is 0 Å². The smallest absolute Gasteiger partial charge is 0.250 e. The van der Waals surface area contributed by atoms with Crippen molar-refractivity contribution in [1.29, 1.82) is 0 Å². The van der Waals surface area contributed by atoms with Crippen LogP contribution in [0.5, 0.6) is 0 Å². The summed E-state index contributed by atoms with van der Waals surface area (Å²) in [6.45, 7) is -0.0677. The van der Waals surface area contributed by atoms with E-state index in [1.807, 2.05) is 58.1 Å². The lowest BCUT2D eigenvalue weighted by atomic mass is 10.0. The third-order valence-corrected chi connectivity index (χ3v) is 6.77. The Balaban J connectivity index is 1.58. The number of benzene rings is 1. The molecule has 5 rings (SSSR count). The lowest BCUT2D eigenvalue weighted by Gasteiger charge is -2.29. The highest BCUT2D eigenvalue weighted by molar-refractivity contribution is 7.80. The van der Waals surface area contributed by atoms with Gasteiger partial charge in [-0.05, 0) is 66.8 Å². The van der Waals surface area contributed by atoms with E-state index in [1.54, 1.807) is 30.6 Å². The first-order valence-electron chi connectivity index (χ1n) is 11.3. The number of halogens is 2. The van der Waals surface area contributed by atoms with Crippen molar-refractivity contribution in [3.05, 3.63) is 101 Å². The Morgan fingerprint density at radius 3 is 2.70 bits per heavy atom. The molecule has 0 spiro atoms. The number of nitrogens with one attached hydrogen (secondary N) is 2. The van der Waals surface area contributed by atoms with E-state index >= 15 is 0 Å². The quantitative estimate of drug-likeness (QED) is 0.299. The number of pyridine rings is 2. The molecule has 2 unspecified atom stereocenters. The van der Waals surface area contributed by atoms with Crippen LogP contribution in [-0.4, -0.2) is 39.3 Å². The van der Waals surface area contributed by atoms with E-state index in [2.05, 4.69) is 20.6 Å². The van der Waals surface area contributed by atoms with E-state index in [1.165, 1.54) is 7.11 Å². The third kappa shape index (κ3) is 5.17. The number of methoxy groups -OCH3 is 1. The summed E-state index contributed by atoms with van der Waals surface area (Å²) in [5.74, 6) is 0.424. The van der Waals surface area contributed by atoms with Crippen molar-refractivity contribution in [3.63, 3.8) is 0 Å². The van der Waals surface area contributed by atoms with E-state index in [9.17, 15) is 4.79 Å². The number of aromatic nitrogens is 3. The summed E-state index contributed by atoms with van der Waals surface area (Å²) in [5, 5.41) is 7.64. The zero-order valence-corrected chi connectivity index (χ0v) is 22.0. The minimum Gasteiger partial charge on any atom is -0.375 e. The molecule has 2 N–H and O–H groups in total. The van der Waals surface area contributed by atoms with Gasteiger partial charge >= 0.3 is 0 Å². The normalized spacial score (nSPS) is 17.1. The van der Waals surface area contributed by atoms with Crippen molar-refractivity contribution < 1.29 is 9.53 Å². The number of hydrogen-bond acceptors (Lipinski definition) is 5. The van der Waals surface area contributed by atoms with Crippen LogP contribution in [0.15, 0.2) is 79.3 Å². The zero-order chi connectivity index (χ0) is 25.9. The van der Waals surface area contributed by atoms with Crippen molar-refractivity contribution in [3.8, 4) is 5.82 Å². The molecule has 3 aromatic heterocycles. The van der Waals surface area contributed by atoms with Crippen molar-refractivity contribution >= 4 is 57.8 Å². The Kier molecular flexibility index (Phi) is 7.38. The van der Waals surface area contributed by atoms with E-state index < -0.39 is 0 Å².